The molecule has 0 atom stereocenters. The fourth-order valence-corrected chi connectivity index (χ4v) is 2.16. The van der Waals surface area contributed by atoms with Gasteiger partial charge in [-0.05, 0) is 42.8 Å². The Hall–Kier alpha value is -2.41. The van der Waals surface area contributed by atoms with E-state index in [9.17, 15) is 14.0 Å². The lowest BCUT2D eigenvalue weighted by molar-refractivity contribution is -0.119. The number of hydrogen-bond donors (Lipinski definition) is 1. The lowest BCUT2D eigenvalue weighted by atomic mass is 10.2. The molecule has 0 aliphatic heterocycles. The van der Waals surface area contributed by atoms with E-state index in [1.165, 1.54) is 19.2 Å². The first-order valence-corrected chi connectivity index (χ1v) is 7.76. The number of esters is 1. The molecule has 0 radical (unpaired) electrons. The average molecular weight is 396 g/mol. The van der Waals surface area contributed by atoms with Gasteiger partial charge < -0.3 is 14.8 Å². The Bertz CT molecular complexity index is 779. The molecule has 0 bridgehead atoms. The van der Waals surface area contributed by atoms with E-state index in [-0.39, 0.29) is 11.3 Å². The van der Waals surface area contributed by atoms with Crippen molar-refractivity contribution in [1.82, 2.24) is 0 Å². The summed E-state index contributed by atoms with van der Waals surface area (Å²) in [6.07, 6.45) is 0. The molecule has 24 heavy (non-hydrogen) atoms. The van der Waals surface area contributed by atoms with E-state index in [0.717, 1.165) is 16.1 Å². The van der Waals surface area contributed by atoms with Crippen LogP contribution in [0.2, 0.25) is 0 Å². The van der Waals surface area contributed by atoms with Crippen molar-refractivity contribution in [2.45, 2.75) is 6.92 Å². The van der Waals surface area contributed by atoms with E-state index in [4.69, 9.17) is 9.47 Å². The van der Waals surface area contributed by atoms with Gasteiger partial charge in [-0.2, -0.15) is 0 Å². The second kappa shape index (κ2) is 7.92. The first-order valence-electron chi connectivity index (χ1n) is 6.97. The van der Waals surface area contributed by atoms with Gasteiger partial charge in [0.05, 0.1) is 12.7 Å². The number of aryl methyl sites for hydroxylation is 1. The molecule has 0 unspecified atom stereocenters. The highest BCUT2D eigenvalue weighted by Crippen LogP contribution is 2.20. The molecule has 0 heterocycles. The van der Waals surface area contributed by atoms with Crippen molar-refractivity contribution in [3.8, 4) is 5.75 Å². The molecule has 5 nitrogen and oxygen atoms in total. The van der Waals surface area contributed by atoms with Crippen LogP contribution in [0.1, 0.15) is 15.9 Å². The summed E-state index contributed by atoms with van der Waals surface area (Å²) in [5, 5.41) is 2.60. The van der Waals surface area contributed by atoms with Crippen molar-refractivity contribution in [3.63, 3.8) is 0 Å². The third-order valence-electron chi connectivity index (χ3n) is 3.17. The van der Waals surface area contributed by atoms with Crippen molar-refractivity contribution < 1.29 is 23.5 Å². The minimum absolute atomic E-state index is 0.261. The fraction of sp³-hybridized carbons (Fsp3) is 0.176. The van der Waals surface area contributed by atoms with Crippen LogP contribution < -0.4 is 10.1 Å². The molecule has 0 saturated heterocycles. The SMILES string of the molecule is COc1ccc(C(=O)OCC(=O)Nc2ccc(Br)c(C)c2)c(F)c1. The summed E-state index contributed by atoms with van der Waals surface area (Å²) in [4.78, 5) is 23.6. The molecule has 2 rings (SSSR count). The van der Waals surface area contributed by atoms with Crippen LogP contribution in [0.15, 0.2) is 40.9 Å². The molecule has 7 heteroatoms. The highest BCUT2D eigenvalue weighted by Gasteiger charge is 2.15. The highest BCUT2D eigenvalue weighted by atomic mass is 79.9. The van der Waals surface area contributed by atoms with E-state index in [1.807, 2.05) is 6.92 Å². The summed E-state index contributed by atoms with van der Waals surface area (Å²) < 4.78 is 24.4. The molecule has 0 aliphatic carbocycles. The van der Waals surface area contributed by atoms with Gasteiger partial charge in [-0.1, -0.05) is 15.9 Å². The number of hydrogen-bond acceptors (Lipinski definition) is 4. The van der Waals surface area contributed by atoms with E-state index in [0.29, 0.717) is 5.69 Å². The maximum Gasteiger partial charge on any atom is 0.341 e. The zero-order chi connectivity index (χ0) is 17.7. The van der Waals surface area contributed by atoms with E-state index in [1.54, 1.807) is 18.2 Å². The van der Waals surface area contributed by atoms with Crippen molar-refractivity contribution in [2.75, 3.05) is 19.0 Å². The minimum Gasteiger partial charge on any atom is -0.497 e. The van der Waals surface area contributed by atoms with Crippen LogP contribution in [0.25, 0.3) is 0 Å². The number of carbonyl (C=O) groups excluding carboxylic acids is 2. The summed E-state index contributed by atoms with van der Waals surface area (Å²) in [6.45, 7) is 1.37. The van der Waals surface area contributed by atoms with Crippen molar-refractivity contribution in [2.24, 2.45) is 0 Å². The highest BCUT2D eigenvalue weighted by molar-refractivity contribution is 9.10. The number of halogens is 2. The van der Waals surface area contributed by atoms with Gasteiger partial charge in [0.25, 0.3) is 5.91 Å². The van der Waals surface area contributed by atoms with Gasteiger partial charge in [-0.25, -0.2) is 9.18 Å². The Morgan fingerprint density at radius 1 is 1.21 bits per heavy atom. The molecule has 2 aromatic rings. The van der Waals surface area contributed by atoms with Crippen molar-refractivity contribution in [3.05, 3.63) is 57.8 Å². The Balaban J connectivity index is 1.93. The second-order valence-corrected chi connectivity index (χ2v) is 5.79. The summed E-state index contributed by atoms with van der Waals surface area (Å²) in [7, 11) is 1.39. The quantitative estimate of drug-likeness (QED) is 0.783. The topological polar surface area (TPSA) is 64.6 Å². The van der Waals surface area contributed by atoms with Gasteiger partial charge in [0.15, 0.2) is 6.61 Å². The van der Waals surface area contributed by atoms with Gasteiger partial charge in [0.1, 0.15) is 11.6 Å². The maximum atomic E-state index is 13.8. The molecule has 1 amide bonds. The maximum absolute atomic E-state index is 13.8. The van der Waals surface area contributed by atoms with Crippen LogP contribution in [0.3, 0.4) is 0 Å². The van der Waals surface area contributed by atoms with Crippen LogP contribution in [-0.2, 0) is 9.53 Å². The largest absolute Gasteiger partial charge is 0.497 e. The van der Waals surface area contributed by atoms with Crippen LogP contribution in [0.5, 0.6) is 5.75 Å². The number of carbonyl (C=O) groups is 2. The second-order valence-electron chi connectivity index (χ2n) is 4.93. The molecule has 2 aromatic carbocycles. The van der Waals surface area contributed by atoms with Gasteiger partial charge in [-0.3, -0.25) is 4.79 Å². The molecule has 0 aliphatic rings. The van der Waals surface area contributed by atoms with Crippen LogP contribution in [0.4, 0.5) is 10.1 Å². The van der Waals surface area contributed by atoms with Crippen molar-refractivity contribution in [1.29, 1.82) is 0 Å². The number of methoxy groups -OCH3 is 1. The number of benzene rings is 2. The summed E-state index contributed by atoms with van der Waals surface area (Å²) in [6, 6.07) is 9.02. The Labute approximate surface area is 146 Å². The minimum atomic E-state index is -0.919. The van der Waals surface area contributed by atoms with Crippen molar-refractivity contribution >= 4 is 33.5 Å². The molecule has 0 saturated carbocycles. The number of rotatable bonds is 5. The predicted octanol–water partition coefficient (Wildman–Crippen LogP) is 3.70. The molecular weight excluding hydrogens is 381 g/mol. The number of ether oxygens (including phenoxy) is 2. The standard InChI is InChI=1S/C17H15BrFNO4/c1-10-7-11(3-6-14(10)18)20-16(21)9-24-17(22)13-5-4-12(23-2)8-15(13)19/h3-8H,9H2,1-2H3,(H,20,21). The average Bonchev–Trinajstić information content (AvgIpc) is 2.56. The number of anilines is 1. The molecule has 1 N–H and O–H groups in total. The zero-order valence-corrected chi connectivity index (χ0v) is 14.6. The Morgan fingerprint density at radius 3 is 2.58 bits per heavy atom. The van der Waals surface area contributed by atoms with E-state index in [2.05, 4.69) is 21.2 Å². The van der Waals surface area contributed by atoms with Gasteiger partial charge >= 0.3 is 5.97 Å². The van der Waals surface area contributed by atoms with Crippen LogP contribution >= 0.6 is 15.9 Å². The Morgan fingerprint density at radius 2 is 1.96 bits per heavy atom. The number of amides is 1. The summed E-state index contributed by atoms with van der Waals surface area (Å²) in [5.41, 5.74) is 1.26. The summed E-state index contributed by atoms with van der Waals surface area (Å²) in [5.74, 6) is -1.92. The monoisotopic (exact) mass is 395 g/mol. The molecule has 0 aromatic heterocycles. The van der Waals surface area contributed by atoms with E-state index >= 15 is 0 Å². The lowest BCUT2D eigenvalue weighted by Gasteiger charge is -2.09. The Kier molecular flexibility index (Phi) is 5.92. The summed E-state index contributed by atoms with van der Waals surface area (Å²) >= 11 is 3.36. The first-order chi connectivity index (χ1) is 11.4. The number of nitrogens with one attached hydrogen (secondary N) is 1. The van der Waals surface area contributed by atoms with Gasteiger partial charge in [0, 0.05) is 16.2 Å². The molecule has 126 valence electrons. The van der Waals surface area contributed by atoms with Gasteiger partial charge in [-0.15, -0.1) is 0 Å². The fourth-order valence-electron chi connectivity index (χ4n) is 1.92. The van der Waals surface area contributed by atoms with Crippen LogP contribution in [-0.4, -0.2) is 25.6 Å². The zero-order valence-electron chi connectivity index (χ0n) is 13.1. The van der Waals surface area contributed by atoms with Gasteiger partial charge in [0.2, 0.25) is 0 Å². The first kappa shape index (κ1) is 17.9. The predicted molar refractivity (Wildman–Crippen MR) is 90.7 cm³/mol. The molecular formula is C17H15BrFNO4. The normalized spacial score (nSPS) is 10.2. The lowest BCUT2D eigenvalue weighted by Crippen LogP contribution is -2.21. The van der Waals surface area contributed by atoms with Crippen LogP contribution in [0, 0.1) is 12.7 Å². The molecule has 0 fully saturated rings. The smallest absolute Gasteiger partial charge is 0.341 e. The molecule has 0 spiro atoms. The van der Waals surface area contributed by atoms with E-state index < -0.39 is 24.3 Å². The third-order valence-corrected chi connectivity index (χ3v) is 4.06. The third kappa shape index (κ3) is 4.55.